The van der Waals surface area contributed by atoms with E-state index in [0.717, 1.165) is 18.0 Å². The quantitative estimate of drug-likeness (QED) is 0.419. The van der Waals surface area contributed by atoms with Crippen molar-refractivity contribution in [3.8, 4) is 0 Å². The lowest BCUT2D eigenvalue weighted by atomic mass is 10.1. The molecule has 1 rings (SSSR count). The van der Waals surface area contributed by atoms with Gasteiger partial charge in [-0.15, -0.1) is 0 Å². The fraction of sp³-hybridized carbons (Fsp3) is 0.286. The van der Waals surface area contributed by atoms with Crippen molar-refractivity contribution >= 4 is 29.8 Å². The molecule has 0 aromatic rings. The predicted molar refractivity (Wildman–Crippen MR) is 53.6 cm³/mol. The Morgan fingerprint density at radius 3 is 2.86 bits per heavy atom. The molecule has 0 radical (unpaired) electrons. The Kier molecular flexibility index (Phi) is 3.13. The molecule has 0 aliphatic carbocycles. The summed E-state index contributed by atoms with van der Waals surface area (Å²) in [5.41, 5.74) is 10.9. The summed E-state index contributed by atoms with van der Waals surface area (Å²) in [5, 5.41) is 9.75. The van der Waals surface area contributed by atoms with Gasteiger partial charge in [0, 0.05) is 11.8 Å². The fourth-order valence-electron chi connectivity index (χ4n) is 1.03. The molecule has 14 heavy (non-hydrogen) atoms. The number of nitrogens with one attached hydrogen (secondary N) is 2. The third-order valence-corrected chi connectivity index (χ3v) is 2.65. The van der Waals surface area contributed by atoms with E-state index in [1.165, 1.54) is 0 Å². The zero-order chi connectivity index (χ0) is 10.7. The highest BCUT2D eigenvalue weighted by Crippen LogP contribution is 2.18. The summed E-state index contributed by atoms with van der Waals surface area (Å²) >= 11 is 1.09. The molecule has 0 spiro atoms. The minimum absolute atomic E-state index is 0.132. The molecule has 0 saturated carbocycles. The van der Waals surface area contributed by atoms with Crippen molar-refractivity contribution in [3.63, 3.8) is 0 Å². The summed E-state index contributed by atoms with van der Waals surface area (Å²) in [6, 6.07) is -0.991. The first-order valence-corrected chi connectivity index (χ1v) is 4.76. The molecule has 0 aromatic carbocycles. The van der Waals surface area contributed by atoms with Gasteiger partial charge in [0.05, 0.1) is 10.8 Å². The molecule has 2 amide bonds. The van der Waals surface area contributed by atoms with Crippen LogP contribution in [0.2, 0.25) is 0 Å². The smallest absolute Gasteiger partial charge is 0.244 e. The van der Waals surface area contributed by atoms with Crippen molar-refractivity contribution in [2.24, 2.45) is 11.5 Å². The van der Waals surface area contributed by atoms with Crippen molar-refractivity contribution in [2.45, 2.75) is 6.04 Å². The predicted octanol–water partition coefficient (Wildman–Crippen LogP) is -1.48. The first-order valence-electron chi connectivity index (χ1n) is 3.78. The number of hydrogen-bond acceptors (Lipinski definition) is 5. The van der Waals surface area contributed by atoms with Crippen LogP contribution in [0.15, 0.2) is 10.6 Å². The van der Waals surface area contributed by atoms with Crippen LogP contribution in [0.1, 0.15) is 0 Å². The molecule has 0 aromatic heterocycles. The molecule has 0 saturated heterocycles. The standard InChI is InChI=1S/C7H10N4O2S/c8-1-3-5(6(9)13)11-4(12)2-14-7(3)10/h1,5,8H,2,10H2,(H2,9,13)(H,11,12). The Bertz CT molecular complexity index is 326. The molecule has 0 fully saturated rings. The van der Waals surface area contributed by atoms with Gasteiger partial charge in [-0.2, -0.15) is 0 Å². The maximum atomic E-state index is 11.1. The van der Waals surface area contributed by atoms with E-state index in [-0.39, 0.29) is 22.3 Å². The minimum atomic E-state index is -0.991. The number of thioether (sulfide) groups is 1. The van der Waals surface area contributed by atoms with E-state index in [4.69, 9.17) is 16.9 Å². The number of rotatable bonds is 2. The van der Waals surface area contributed by atoms with Gasteiger partial charge >= 0.3 is 0 Å². The Hall–Kier alpha value is -1.50. The Balaban J connectivity index is 3.06. The van der Waals surface area contributed by atoms with Crippen molar-refractivity contribution in [3.05, 3.63) is 10.6 Å². The van der Waals surface area contributed by atoms with Crippen LogP contribution < -0.4 is 16.8 Å². The molecule has 6 N–H and O–H groups in total. The van der Waals surface area contributed by atoms with Gasteiger partial charge in [0.1, 0.15) is 6.04 Å². The zero-order valence-corrected chi connectivity index (χ0v) is 8.06. The number of nitrogens with two attached hydrogens (primary N) is 2. The molecule has 1 atom stereocenters. The lowest BCUT2D eigenvalue weighted by Crippen LogP contribution is -2.46. The van der Waals surface area contributed by atoms with Crippen LogP contribution in [-0.4, -0.2) is 29.8 Å². The summed E-state index contributed by atoms with van der Waals surface area (Å²) < 4.78 is 0. The van der Waals surface area contributed by atoms with Crippen LogP contribution in [0.4, 0.5) is 0 Å². The van der Waals surface area contributed by atoms with Gasteiger partial charge in [0.25, 0.3) is 0 Å². The van der Waals surface area contributed by atoms with Crippen LogP contribution in [0.5, 0.6) is 0 Å². The highest BCUT2D eigenvalue weighted by Gasteiger charge is 2.26. The number of primary amides is 1. The molecule has 6 nitrogen and oxygen atoms in total. The van der Waals surface area contributed by atoms with Gasteiger partial charge in [-0.25, -0.2) is 0 Å². The normalized spacial score (nSPS) is 22.6. The zero-order valence-electron chi connectivity index (χ0n) is 7.24. The number of hydrogen-bond donors (Lipinski definition) is 4. The van der Waals surface area contributed by atoms with Crippen LogP contribution in [-0.2, 0) is 9.59 Å². The lowest BCUT2D eigenvalue weighted by molar-refractivity contribution is -0.124. The summed E-state index contributed by atoms with van der Waals surface area (Å²) in [5.74, 6) is -0.909. The number of carbonyl (C=O) groups is 2. The van der Waals surface area contributed by atoms with E-state index in [1.54, 1.807) is 0 Å². The van der Waals surface area contributed by atoms with Crippen molar-refractivity contribution in [1.82, 2.24) is 5.32 Å². The van der Waals surface area contributed by atoms with E-state index in [1.807, 2.05) is 0 Å². The second kappa shape index (κ2) is 4.14. The van der Waals surface area contributed by atoms with E-state index < -0.39 is 11.9 Å². The topological polar surface area (TPSA) is 122 Å². The van der Waals surface area contributed by atoms with E-state index in [2.05, 4.69) is 5.32 Å². The van der Waals surface area contributed by atoms with E-state index >= 15 is 0 Å². The summed E-state index contributed by atoms with van der Waals surface area (Å²) in [6.07, 6.45) is 0.934. The average molecular weight is 214 g/mol. The first kappa shape index (κ1) is 10.6. The van der Waals surface area contributed by atoms with Crippen molar-refractivity contribution in [2.75, 3.05) is 5.75 Å². The van der Waals surface area contributed by atoms with Crippen LogP contribution in [0.25, 0.3) is 0 Å². The summed E-state index contributed by atoms with van der Waals surface area (Å²) in [4.78, 5) is 22.1. The molecular weight excluding hydrogens is 204 g/mol. The van der Waals surface area contributed by atoms with Gasteiger partial charge in [-0.1, -0.05) is 11.8 Å². The Morgan fingerprint density at radius 2 is 2.36 bits per heavy atom. The first-order chi connectivity index (χ1) is 6.56. The number of carbonyl (C=O) groups excluding carboxylic acids is 2. The molecule has 76 valence electrons. The number of amides is 2. The lowest BCUT2D eigenvalue weighted by Gasteiger charge is -2.13. The van der Waals surface area contributed by atoms with E-state index in [9.17, 15) is 9.59 Å². The third kappa shape index (κ3) is 2.05. The molecular formula is C7H10N4O2S. The second-order valence-corrected chi connectivity index (χ2v) is 3.67. The van der Waals surface area contributed by atoms with Crippen LogP contribution in [0.3, 0.4) is 0 Å². The van der Waals surface area contributed by atoms with Gasteiger partial charge < -0.3 is 22.2 Å². The Morgan fingerprint density at radius 1 is 1.71 bits per heavy atom. The van der Waals surface area contributed by atoms with Crippen molar-refractivity contribution in [1.29, 1.82) is 5.41 Å². The largest absolute Gasteiger partial charge is 0.393 e. The monoisotopic (exact) mass is 214 g/mol. The van der Waals surface area contributed by atoms with Gasteiger partial charge in [-0.3, -0.25) is 9.59 Å². The van der Waals surface area contributed by atoms with Gasteiger partial charge in [0.15, 0.2) is 0 Å². The maximum Gasteiger partial charge on any atom is 0.244 e. The second-order valence-electron chi connectivity index (χ2n) is 2.66. The van der Waals surface area contributed by atoms with Crippen LogP contribution in [0, 0.1) is 5.41 Å². The molecule has 1 aliphatic rings. The maximum absolute atomic E-state index is 11.1. The van der Waals surface area contributed by atoms with E-state index in [0.29, 0.717) is 0 Å². The highest BCUT2D eigenvalue weighted by atomic mass is 32.2. The molecule has 1 aliphatic heterocycles. The third-order valence-electron chi connectivity index (χ3n) is 1.70. The van der Waals surface area contributed by atoms with Crippen molar-refractivity contribution < 1.29 is 9.59 Å². The Labute approximate surface area is 84.6 Å². The molecule has 1 unspecified atom stereocenters. The van der Waals surface area contributed by atoms with Crippen LogP contribution >= 0.6 is 11.8 Å². The molecule has 0 bridgehead atoms. The average Bonchev–Trinajstić information content (AvgIpc) is 2.26. The minimum Gasteiger partial charge on any atom is -0.393 e. The molecule has 7 heteroatoms. The SMILES string of the molecule is N=CC1=C(N)SCC(=O)NC1C(N)=O. The summed E-state index contributed by atoms with van der Waals surface area (Å²) in [7, 11) is 0. The van der Waals surface area contributed by atoms with Gasteiger partial charge in [-0.05, 0) is 0 Å². The van der Waals surface area contributed by atoms with Gasteiger partial charge in [0.2, 0.25) is 11.8 Å². The molecule has 1 heterocycles. The fourth-order valence-corrected chi connectivity index (χ4v) is 1.74. The highest BCUT2D eigenvalue weighted by molar-refractivity contribution is 8.03. The summed E-state index contributed by atoms with van der Waals surface area (Å²) in [6.45, 7) is 0.